The van der Waals surface area contributed by atoms with Gasteiger partial charge in [0, 0.05) is 0 Å². The molecule has 1 nitrogen and oxygen atoms in total. The zero-order chi connectivity index (χ0) is 21.0. The van der Waals surface area contributed by atoms with Crippen molar-refractivity contribution in [2.75, 3.05) is 0 Å². The summed E-state index contributed by atoms with van der Waals surface area (Å²) in [6.45, 7) is 14.9. The van der Waals surface area contributed by atoms with Gasteiger partial charge in [0.15, 0.2) is 0 Å². The van der Waals surface area contributed by atoms with Crippen LogP contribution in [0.15, 0.2) is 11.6 Å². The first-order chi connectivity index (χ1) is 13.7. The molecule has 0 spiro atoms. The Balaban J connectivity index is 1.52. The molecule has 166 valence electrons. The van der Waals surface area contributed by atoms with Gasteiger partial charge in [-0.2, -0.15) is 0 Å². The summed E-state index contributed by atoms with van der Waals surface area (Å²) >= 11 is 0. The predicted octanol–water partition coefficient (Wildman–Crippen LogP) is 7.63. The molecule has 1 N–H and O–H groups in total. The van der Waals surface area contributed by atoms with Crippen molar-refractivity contribution in [1.29, 1.82) is 0 Å². The SMILES string of the molecule is CC(C)CCCC(C)[C@H]1CC[C@H]2C3=CCC4[C@H](C)[C@@H](O)CC[C@]4(C)[C@H]3CC[C@]12C. The smallest absolute Gasteiger partial charge is 0.0568 e. The van der Waals surface area contributed by atoms with Gasteiger partial charge in [-0.05, 0) is 97.2 Å². The highest BCUT2D eigenvalue weighted by molar-refractivity contribution is 5.28. The van der Waals surface area contributed by atoms with Crippen molar-refractivity contribution in [3.63, 3.8) is 0 Å². The molecule has 1 heteroatoms. The van der Waals surface area contributed by atoms with Crippen LogP contribution in [0, 0.1) is 52.3 Å². The second-order valence-electron chi connectivity index (χ2n) is 12.7. The van der Waals surface area contributed by atoms with Crippen molar-refractivity contribution in [2.45, 2.75) is 112 Å². The average Bonchev–Trinajstić information content (AvgIpc) is 3.02. The second kappa shape index (κ2) is 7.99. The maximum absolute atomic E-state index is 10.5. The highest BCUT2D eigenvalue weighted by atomic mass is 16.3. The van der Waals surface area contributed by atoms with Crippen LogP contribution in [0.25, 0.3) is 0 Å². The number of hydrogen-bond acceptors (Lipinski definition) is 1. The number of rotatable bonds is 5. The van der Waals surface area contributed by atoms with Crippen molar-refractivity contribution < 1.29 is 5.11 Å². The zero-order valence-electron chi connectivity index (χ0n) is 20.2. The van der Waals surface area contributed by atoms with Gasteiger partial charge in [0.05, 0.1) is 6.10 Å². The lowest BCUT2D eigenvalue weighted by molar-refractivity contribution is -0.0773. The largest absolute Gasteiger partial charge is 0.393 e. The molecule has 3 saturated carbocycles. The fourth-order valence-corrected chi connectivity index (χ4v) is 8.97. The third-order valence-corrected chi connectivity index (χ3v) is 10.8. The standard InChI is InChI=1S/C28H48O/c1-18(2)8-7-9-19(3)22-12-13-24-21-10-11-23-20(4)26(29)15-17-28(23,6)25(21)14-16-27(22,24)5/h10,18-20,22-26,29H,7-9,11-17H2,1-6H3/t19?,20-,22+,23?,24-,25-,26-,27+,28-/m0/s1. The van der Waals surface area contributed by atoms with Gasteiger partial charge >= 0.3 is 0 Å². The van der Waals surface area contributed by atoms with E-state index in [4.69, 9.17) is 0 Å². The van der Waals surface area contributed by atoms with Crippen LogP contribution in [0.1, 0.15) is 106 Å². The lowest BCUT2D eigenvalue weighted by Crippen LogP contribution is -2.52. The van der Waals surface area contributed by atoms with Gasteiger partial charge < -0.3 is 5.11 Å². The zero-order valence-corrected chi connectivity index (χ0v) is 20.2. The summed E-state index contributed by atoms with van der Waals surface area (Å²) in [6, 6.07) is 0. The van der Waals surface area contributed by atoms with E-state index in [1.54, 1.807) is 0 Å². The molecule has 2 unspecified atom stereocenters. The highest BCUT2D eigenvalue weighted by Crippen LogP contribution is 2.67. The van der Waals surface area contributed by atoms with Gasteiger partial charge in [0.1, 0.15) is 0 Å². The van der Waals surface area contributed by atoms with Crippen molar-refractivity contribution in [3.05, 3.63) is 11.6 Å². The summed E-state index contributed by atoms with van der Waals surface area (Å²) < 4.78 is 0. The van der Waals surface area contributed by atoms with E-state index >= 15 is 0 Å². The summed E-state index contributed by atoms with van der Waals surface area (Å²) in [4.78, 5) is 0. The maximum atomic E-state index is 10.5. The second-order valence-corrected chi connectivity index (χ2v) is 12.7. The van der Waals surface area contributed by atoms with Gasteiger partial charge in [-0.1, -0.05) is 72.5 Å². The van der Waals surface area contributed by atoms with Crippen molar-refractivity contribution in [1.82, 2.24) is 0 Å². The fraction of sp³-hybridized carbons (Fsp3) is 0.929. The minimum absolute atomic E-state index is 0.0700. The van der Waals surface area contributed by atoms with Gasteiger partial charge in [-0.3, -0.25) is 0 Å². The third kappa shape index (κ3) is 3.56. The van der Waals surface area contributed by atoms with Crippen LogP contribution in [0.2, 0.25) is 0 Å². The molecule has 0 aliphatic heterocycles. The Morgan fingerprint density at radius 1 is 0.966 bits per heavy atom. The molecule has 0 heterocycles. The molecule has 0 aromatic rings. The number of allylic oxidation sites excluding steroid dienone is 2. The van der Waals surface area contributed by atoms with Crippen LogP contribution in [-0.4, -0.2) is 11.2 Å². The Bertz CT molecular complexity index is 620. The minimum atomic E-state index is -0.0700. The maximum Gasteiger partial charge on any atom is 0.0568 e. The molecule has 9 atom stereocenters. The summed E-state index contributed by atoms with van der Waals surface area (Å²) in [7, 11) is 0. The Hall–Kier alpha value is -0.300. The Kier molecular flexibility index (Phi) is 6.04. The van der Waals surface area contributed by atoms with Crippen molar-refractivity contribution in [3.8, 4) is 0 Å². The molecular formula is C28H48O. The van der Waals surface area contributed by atoms with E-state index in [1.165, 1.54) is 57.8 Å². The summed E-state index contributed by atoms with van der Waals surface area (Å²) in [6.07, 6.45) is 16.1. The first kappa shape index (κ1) is 21.9. The van der Waals surface area contributed by atoms with E-state index in [-0.39, 0.29) is 6.10 Å². The number of aliphatic hydroxyl groups is 1. The van der Waals surface area contributed by atoms with E-state index in [1.807, 2.05) is 5.57 Å². The Labute approximate surface area is 181 Å². The average molecular weight is 401 g/mol. The summed E-state index contributed by atoms with van der Waals surface area (Å²) in [5, 5.41) is 10.5. The Morgan fingerprint density at radius 2 is 1.66 bits per heavy atom. The molecular weight excluding hydrogens is 352 g/mol. The molecule has 0 radical (unpaired) electrons. The number of hydrogen-bond donors (Lipinski definition) is 1. The molecule has 4 rings (SSSR count). The number of fused-ring (bicyclic) bond motifs is 5. The molecule has 0 saturated heterocycles. The molecule has 29 heavy (non-hydrogen) atoms. The molecule has 0 aromatic carbocycles. The lowest BCUT2D eigenvalue weighted by Gasteiger charge is -2.59. The predicted molar refractivity (Wildman–Crippen MR) is 124 cm³/mol. The number of aliphatic hydroxyl groups excluding tert-OH is 1. The molecule has 3 fully saturated rings. The third-order valence-electron chi connectivity index (χ3n) is 10.8. The quantitative estimate of drug-likeness (QED) is 0.470. The fourth-order valence-electron chi connectivity index (χ4n) is 8.97. The van der Waals surface area contributed by atoms with Gasteiger partial charge in [-0.25, -0.2) is 0 Å². The monoisotopic (exact) mass is 400 g/mol. The van der Waals surface area contributed by atoms with Crippen LogP contribution in [0.5, 0.6) is 0 Å². The Morgan fingerprint density at radius 3 is 2.38 bits per heavy atom. The van der Waals surface area contributed by atoms with Crippen molar-refractivity contribution >= 4 is 0 Å². The normalized spacial score (nSPS) is 47.9. The van der Waals surface area contributed by atoms with Crippen LogP contribution in [0.4, 0.5) is 0 Å². The molecule has 4 aliphatic carbocycles. The van der Waals surface area contributed by atoms with Gasteiger partial charge in [0.25, 0.3) is 0 Å². The minimum Gasteiger partial charge on any atom is -0.393 e. The van der Waals surface area contributed by atoms with E-state index in [9.17, 15) is 5.11 Å². The van der Waals surface area contributed by atoms with E-state index in [2.05, 4.69) is 47.6 Å². The first-order valence-corrected chi connectivity index (χ1v) is 13.1. The van der Waals surface area contributed by atoms with Gasteiger partial charge in [0.2, 0.25) is 0 Å². The molecule has 0 amide bonds. The van der Waals surface area contributed by atoms with Crippen molar-refractivity contribution in [2.24, 2.45) is 52.3 Å². The highest BCUT2D eigenvalue weighted by Gasteiger charge is 2.59. The summed E-state index contributed by atoms with van der Waals surface area (Å²) in [5.41, 5.74) is 2.85. The molecule has 0 aromatic heterocycles. The van der Waals surface area contributed by atoms with E-state index in [0.29, 0.717) is 22.7 Å². The van der Waals surface area contributed by atoms with Crippen LogP contribution >= 0.6 is 0 Å². The summed E-state index contributed by atoms with van der Waals surface area (Å²) in [5.74, 6) is 5.47. The van der Waals surface area contributed by atoms with Crippen LogP contribution in [0.3, 0.4) is 0 Å². The van der Waals surface area contributed by atoms with E-state index < -0.39 is 0 Å². The lowest BCUT2D eigenvalue weighted by atomic mass is 9.46. The van der Waals surface area contributed by atoms with Crippen LogP contribution in [-0.2, 0) is 0 Å². The molecule has 4 aliphatic rings. The van der Waals surface area contributed by atoms with Gasteiger partial charge in [-0.15, -0.1) is 0 Å². The van der Waals surface area contributed by atoms with E-state index in [0.717, 1.165) is 36.0 Å². The first-order valence-electron chi connectivity index (χ1n) is 13.1. The molecule has 0 bridgehead atoms. The van der Waals surface area contributed by atoms with Crippen LogP contribution < -0.4 is 0 Å². The topological polar surface area (TPSA) is 20.2 Å².